The van der Waals surface area contributed by atoms with Crippen molar-refractivity contribution in [3.63, 3.8) is 0 Å². The first kappa shape index (κ1) is 74.5. The number of esters is 2. The Bertz CT molecular complexity index is 1420. The van der Waals surface area contributed by atoms with Gasteiger partial charge >= 0.3 is 18.0 Å². The molecule has 10 nitrogen and oxygen atoms in total. The Morgan fingerprint density at radius 3 is 1.26 bits per heavy atom. The van der Waals surface area contributed by atoms with Crippen LogP contribution in [-0.2, 0) is 32.7 Å². The first-order chi connectivity index (χ1) is 35.8. The summed E-state index contributed by atoms with van der Waals surface area (Å²) in [5.41, 5.74) is -0.352. The molecule has 0 aromatic heterocycles. The third kappa shape index (κ3) is 36.7. The Morgan fingerprint density at radius 2 is 0.829 bits per heavy atom. The van der Waals surface area contributed by atoms with Crippen molar-refractivity contribution in [2.75, 3.05) is 46.5 Å². The molecule has 0 spiro atoms. The zero-order chi connectivity index (χ0) is 57.5. The molecule has 0 aliphatic heterocycles. The second kappa shape index (κ2) is 42.4. The first-order valence-electron chi connectivity index (χ1n) is 32.0. The molecule has 0 radical (unpaired) electrons. The van der Waals surface area contributed by atoms with Crippen LogP contribution in [0.2, 0.25) is 36.3 Å². The van der Waals surface area contributed by atoms with Crippen LogP contribution in [-0.4, -0.2) is 109 Å². The first-order valence-corrected chi connectivity index (χ1v) is 37.8. The third-order valence-electron chi connectivity index (χ3n) is 16.7. The zero-order valence-electron chi connectivity index (χ0n) is 53.8. The van der Waals surface area contributed by atoms with Crippen LogP contribution in [0, 0.1) is 5.92 Å². The van der Waals surface area contributed by atoms with Gasteiger partial charge in [0.05, 0.1) is 38.4 Å². The molecule has 2 atom stereocenters. The van der Waals surface area contributed by atoms with E-state index in [1.54, 1.807) is 0 Å². The summed E-state index contributed by atoms with van der Waals surface area (Å²) in [7, 11) is -2.88. The molecule has 0 aliphatic rings. The third-order valence-corrected chi connectivity index (χ3v) is 25.8. The number of unbranched alkanes of at least 4 members (excludes halogenated alkanes) is 21. The minimum Gasteiger partial charge on any atom is -0.466 e. The summed E-state index contributed by atoms with van der Waals surface area (Å²) >= 11 is 0. The Kier molecular flexibility index (Phi) is 41.6. The predicted octanol–water partition coefficient (Wildman–Crippen LogP) is 19.2. The van der Waals surface area contributed by atoms with E-state index in [2.05, 4.69) is 114 Å². The fraction of sp³-hybridized carbons (Fsp3) is 0.953. The van der Waals surface area contributed by atoms with Gasteiger partial charge < -0.3 is 28.0 Å². The minimum atomic E-state index is -2.18. The van der Waals surface area contributed by atoms with Gasteiger partial charge in [0.1, 0.15) is 0 Å². The molecule has 0 heterocycles. The van der Waals surface area contributed by atoms with Crippen LogP contribution < -0.4 is 0 Å². The molecule has 0 saturated heterocycles. The van der Waals surface area contributed by atoms with E-state index in [9.17, 15) is 14.4 Å². The molecular formula is C64H130N2O8Si2. The van der Waals surface area contributed by atoms with Crippen LogP contribution in [0.25, 0.3) is 0 Å². The van der Waals surface area contributed by atoms with Crippen molar-refractivity contribution < 1.29 is 37.4 Å². The second-order valence-corrected chi connectivity index (χ2v) is 36.5. The summed E-state index contributed by atoms with van der Waals surface area (Å²) in [6.45, 7) is 40.2. The number of hydrogen-bond acceptors (Lipinski definition) is 9. The Morgan fingerprint density at radius 1 is 0.447 bits per heavy atom. The van der Waals surface area contributed by atoms with Gasteiger partial charge in [-0.05, 0) is 128 Å². The second-order valence-electron chi connectivity index (χ2n) is 27.0. The van der Waals surface area contributed by atoms with E-state index in [0.717, 1.165) is 110 Å². The molecular weight excluding hydrogens is 981 g/mol. The highest BCUT2D eigenvalue weighted by Gasteiger charge is 2.41. The topological polar surface area (TPSA) is 104 Å². The quantitative estimate of drug-likeness (QED) is 0.0255. The van der Waals surface area contributed by atoms with Crippen LogP contribution >= 0.6 is 0 Å². The summed E-state index contributed by atoms with van der Waals surface area (Å²) in [4.78, 5) is 43.8. The van der Waals surface area contributed by atoms with Crippen molar-refractivity contribution in [1.29, 1.82) is 0 Å². The average molecular weight is 1110 g/mol. The van der Waals surface area contributed by atoms with Crippen molar-refractivity contribution >= 4 is 34.7 Å². The van der Waals surface area contributed by atoms with E-state index in [0.29, 0.717) is 26.2 Å². The van der Waals surface area contributed by atoms with Gasteiger partial charge in [0.15, 0.2) is 16.6 Å². The van der Waals surface area contributed by atoms with E-state index in [4.69, 9.17) is 23.1 Å². The molecule has 0 saturated carbocycles. The number of carbonyl (C=O) groups excluding carboxylic acids is 3. The summed E-state index contributed by atoms with van der Waals surface area (Å²) in [6.07, 6.45) is 35.1. The number of ether oxygens (including phenoxy) is 3. The lowest BCUT2D eigenvalue weighted by Gasteiger charge is -2.43. The van der Waals surface area contributed by atoms with Crippen LogP contribution in [0.3, 0.4) is 0 Å². The smallest absolute Gasteiger partial charge is 0.409 e. The van der Waals surface area contributed by atoms with Gasteiger partial charge in [-0.3, -0.25) is 14.5 Å². The van der Waals surface area contributed by atoms with Crippen molar-refractivity contribution in [3.05, 3.63) is 0 Å². The molecule has 0 aliphatic carbocycles. The van der Waals surface area contributed by atoms with Crippen LogP contribution in [0.5, 0.6) is 0 Å². The molecule has 0 aromatic rings. The van der Waals surface area contributed by atoms with Crippen molar-refractivity contribution in [2.45, 2.75) is 343 Å². The van der Waals surface area contributed by atoms with E-state index < -0.39 is 16.6 Å². The van der Waals surface area contributed by atoms with Crippen molar-refractivity contribution in [1.82, 2.24) is 9.80 Å². The summed E-state index contributed by atoms with van der Waals surface area (Å²) in [5.74, 6) is -0.0324. The fourth-order valence-electron chi connectivity index (χ4n) is 9.62. The van der Waals surface area contributed by atoms with Gasteiger partial charge in [-0.2, -0.15) is 0 Å². The highest BCUT2D eigenvalue weighted by atomic mass is 28.4. The normalized spacial score (nSPS) is 13.6. The highest BCUT2D eigenvalue weighted by molar-refractivity contribution is 6.74. The molecule has 76 heavy (non-hydrogen) atoms. The van der Waals surface area contributed by atoms with E-state index in [-0.39, 0.29) is 51.8 Å². The maximum absolute atomic E-state index is 13.6. The number of hydrogen-bond donors (Lipinski definition) is 0. The highest BCUT2D eigenvalue weighted by Crippen LogP contribution is 2.39. The van der Waals surface area contributed by atoms with Crippen LogP contribution in [0.1, 0.15) is 289 Å². The number of carbonyl (C=O) groups is 3. The molecule has 0 rings (SSSR count). The minimum absolute atomic E-state index is 0.0239. The van der Waals surface area contributed by atoms with E-state index in [1.165, 1.54) is 116 Å². The summed E-state index contributed by atoms with van der Waals surface area (Å²) < 4.78 is 31.8. The van der Waals surface area contributed by atoms with E-state index in [1.807, 2.05) is 4.90 Å². The molecule has 0 aromatic carbocycles. The standard InChI is InChI=1S/C64H130N2O8Si2/c1-18-21-24-27-30-31-32-35-40-49-59(67)71-53-44-48-58(74-76(16,17)64(10,11)12)55-65(50-41-42-51-66(61(69)70-13)62(4,5)6)54-57(73-75(14,15)63(7,8)9)47-39-36-43-52-72-60(68)56(45-37-33-28-25-22-19-2)46-38-34-29-26-23-20-3/h56-58H,18-55H2,1-17H3. The lowest BCUT2D eigenvalue weighted by molar-refractivity contribution is -0.149. The maximum atomic E-state index is 13.6. The summed E-state index contributed by atoms with van der Waals surface area (Å²) in [6, 6.07) is 0. The Balaban J connectivity index is 6.25. The SMILES string of the molecule is CCCCCCCCCCCC(=O)OCCCC(CN(CCCCN(C(=O)OC)C(C)(C)C)CC(CCCCCOC(=O)C(CCCCCCCC)CCCCCCCC)O[Si](C)(C)C(C)(C)C)O[Si](C)(C)C(C)(C)C. The Labute approximate surface area is 474 Å². The predicted molar refractivity (Wildman–Crippen MR) is 330 cm³/mol. The number of methoxy groups -OCH3 is 1. The fourth-order valence-corrected chi connectivity index (χ4v) is 12.4. The maximum Gasteiger partial charge on any atom is 0.409 e. The van der Waals surface area contributed by atoms with Gasteiger partial charge in [0.2, 0.25) is 0 Å². The summed E-state index contributed by atoms with van der Waals surface area (Å²) in [5, 5.41) is 0.0861. The van der Waals surface area contributed by atoms with E-state index >= 15 is 0 Å². The molecule has 12 heteroatoms. The molecule has 452 valence electrons. The van der Waals surface area contributed by atoms with Gasteiger partial charge in [-0.15, -0.1) is 0 Å². The number of rotatable bonds is 48. The molecule has 0 bridgehead atoms. The lowest BCUT2D eigenvalue weighted by Crippen LogP contribution is -2.50. The van der Waals surface area contributed by atoms with Crippen molar-refractivity contribution in [2.24, 2.45) is 5.92 Å². The van der Waals surface area contributed by atoms with Crippen LogP contribution in [0.4, 0.5) is 4.79 Å². The average Bonchev–Trinajstić information content (AvgIpc) is 3.32. The van der Waals surface area contributed by atoms with Gasteiger partial charge in [-0.25, -0.2) is 4.79 Å². The Hall–Kier alpha value is -1.48. The van der Waals surface area contributed by atoms with Gasteiger partial charge in [0, 0.05) is 31.6 Å². The lowest BCUT2D eigenvalue weighted by atomic mass is 9.94. The van der Waals surface area contributed by atoms with Gasteiger partial charge in [0.25, 0.3) is 0 Å². The molecule has 0 N–H and O–H groups in total. The van der Waals surface area contributed by atoms with Gasteiger partial charge in [-0.1, -0.05) is 197 Å². The molecule has 1 amide bonds. The number of nitrogens with zero attached hydrogens (tertiary/aromatic N) is 2. The largest absolute Gasteiger partial charge is 0.466 e. The molecule has 0 fully saturated rings. The zero-order valence-corrected chi connectivity index (χ0v) is 55.8. The number of amides is 1. The molecule has 2 unspecified atom stereocenters. The van der Waals surface area contributed by atoms with Crippen LogP contribution in [0.15, 0.2) is 0 Å². The van der Waals surface area contributed by atoms with Crippen molar-refractivity contribution in [3.8, 4) is 0 Å². The monoisotopic (exact) mass is 1110 g/mol.